The molecule has 1 aliphatic heterocycles. The van der Waals surface area contributed by atoms with E-state index in [4.69, 9.17) is 0 Å². The maximum Gasteiger partial charge on any atom is 0.0138 e. The fourth-order valence-electron chi connectivity index (χ4n) is 5.01. The Bertz CT molecular complexity index is 383. The summed E-state index contributed by atoms with van der Waals surface area (Å²) in [5.74, 6) is 6.84. The monoisotopic (exact) mass is 350 g/mol. The average Bonchev–Trinajstić information content (AvgIpc) is 3.36. The summed E-state index contributed by atoms with van der Waals surface area (Å²) in [7, 11) is 0. The van der Waals surface area contributed by atoms with Crippen LogP contribution in [0.2, 0.25) is 0 Å². The van der Waals surface area contributed by atoms with E-state index in [1.807, 2.05) is 0 Å². The van der Waals surface area contributed by atoms with Gasteiger partial charge in [-0.15, -0.1) is 0 Å². The van der Waals surface area contributed by atoms with Crippen LogP contribution >= 0.6 is 11.8 Å². The molecule has 0 bridgehead atoms. The summed E-state index contributed by atoms with van der Waals surface area (Å²) in [6, 6.07) is 0. The predicted octanol–water partition coefficient (Wildman–Crippen LogP) is 7.59. The van der Waals surface area contributed by atoms with Crippen molar-refractivity contribution in [1.82, 2.24) is 0 Å². The van der Waals surface area contributed by atoms with Crippen LogP contribution in [-0.2, 0) is 0 Å². The second-order valence-corrected chi connectivity index (χ2v) is 10.7. The lowest BCUT2D eigenvalue weighted by atomic mass is 9.67. The van der Waals surface area contributed by atoms with Crippen LogP contribution in [0.5, 0.6) is 0 Å². The molecule has 0 aromatic rings. The van der Waals surface area contributed by atoms with Gasteiger partial charge in [0.2, 0.25) is 0 Å². The molecule has 0 N–H and O–H groups in total. The molecule has 1 heterocycles. The van der Waals surface area contributed by atoms with Crippen molar-refractivity contribution in [2.45, 2.75) is 91.2 Å². The van der Waals surface area contributed by atoms with E-state index in [-0.39, 0.29) is 0 Å². The van der Waals surface area contributed by atoms with E-state index < -0.39 is 0 Å². The number of thioether (sulfide) groups is 1. The lowest BCUT2D eigenvalue weighted by molar-refractivity contribution is 0.135. The Morgan fingerprint density at radius 3 is 2.46 bits per heavy atom. The third-order valence-electron chi connectivity index (χ3n) is 7.22. The highest BCUT2D eigenvalue weighted by Gasteiger charge is 2.32. The average molecular weight is 351 g/mol. The third-order valence-corrected chi connectivity index (χ3v) is 8.27. The zero-order valence-electron chi connectivity index (χ0n) is 17.0. The molecule has 0 radical (unpaired) electrons. The Kier molecular flexibility index (Phi) is 8.24. The molecule has 0 aromatic carbocycles. The maximum atomic E-state index is 4.44. The topological polar surface area (TPSA) is 0 Å². The van der Waals surface area contributed by atoms with E-state index in [1.165, 1.54) is 62.7 Å². The van der Waals surface area contributed by atoms with E-state index in [1.54, 1.807) is 0 Å². The summed E-state index contributed by atoms with van der Waals surface area (Å²) in [4.78, 5) is 0. The minimum atomic E-state index is 0.802. The summed E-state index contributed by atoms with van der Waals surface area (Å²) < 4.78 is 0. The van der Waals surface area contributed by atoms with Gasteiger partial charge in [0.1, 0.15) is 0 Å². The van der Waals surface area contributed by atoms with Gasteiger partial charge in [-0.1, -0.05) is 53.2 Å². The summed E-state index contributed by atoms with van der Waals surface area (Å²) in [6.07, 6.45) is 11.2. The van der Waals surface area contributed by atoms with Crippen molar-refractivity contribution in [2.75, 3.05) is 5.75 Å². The molecule has 1 saturated heterocycles. The standard InChI is InChI=1S/C23H42S/c1-7-17(3)19(5)12-16(2)13-21-9-11-23(20(6)14-21)18(4)8-10-22-15-24-22/h17-23H,2,7-15H2,1,3-6H3. The first-order chi connectivity index (χ1) is 11.4. The molecule has 7 atom stereocenters. The summed E-state index contributed by atoms with van der Waals surface area (Å²) in [6.45, 7) is 16.6. The van der Waals surface area contributed by atoms with E-state index >= 15 is 0 Å². The molecule has 2 rings (SSSR count). The molecule has 1 aliphatic carbocycles. The second kappa shape index (κ2) is 9.70. The van der Waals surface area contributed by atoms with Crippen molar-refractivity contribution in [1.29, 1.82) is 0 Å². The van der Waals surface area contributed by atoms with Crippen LogP contribution in [0.3, 0.4) is 0 Å². The molecular formula is C23H42S. The third kappa shape index (κ3) is 6.43. The molecule has 0 amide bonds. The Hall–Kier alpha value is 0.0900. The molecular weight excluding hydrogens is 308 g/mol. The Balaban J connectivity index is 1.70. The minimum Gasteiger partial charge on any atom is -0.157 e. The van der Waals surface area contributed by atoms with Crippen LogP contribution in [-0.4, -0.2) is 11.0 Å². The lowest BCUT2D eigenvalue weighted by Gasteiger charge is -2.38. The van der Waals surface area contributed by atoms with Crippen LogP contribution in [0.15, 0.2) is 12.2 Å². The van der Waals surface area contributed by atoms with Crippen molar-refractivity contribution < 1.29 is 0 Å². The normalized spacial score (nSPS) is 33.7. The number of hydrogen-bond donors (Lipinski definition) is 0. The van der Waals surface area contributed by atoms with E-state index in [2.05, 4.69) is 53.0 Å². The molecule has 2 fully saturated rings. The van der Waals surface area contributed by atoms with Crippen molar-refractivity contribution in [3.63, 3.8) is 0 Å². The van der Waals surface area contributed by atoms with E-state index in [0.29, 0.717) is 0 Å². The Morgan fingerprint density at radius 2 is 1.88 bits per heavy atom. The van der Waals surface area contributed by atoms with Crippen molar-refractivity contribution in [3.05, 3.63) is 12.2 Å². The van der Waals surface area contributed by atoms with Gasteiger partial charge in [0, 0.05) is 11.0 Å². The fraction of sp³-hybridized carbons (Fsp3) is 0.913. The molecule has 140 valence electrons. The van der Waals surface area contributed by atoms with Crippen LogP contribution in [0, 0.1) is 35.5 Å². The first kappa shape index (κ1) is 20.4. The molecule has 2 aliphatic rings. The lowest BCUT2D eigenvalue weighted by Crippen LogP contribution is -2.28. The predicted molar refractivity (Wildman–Crippen MR) is 112 cm³/mol. The van der Waals surface area contributed by atoms with Crippen LogP contribution in [0.25, 0.3) is 0 Å². The van der Waals surface area contributed by atoms with Gasteiger partial charge < -0.3 is 0 Å². The van der Waals surface area contributed by atoms with E-state index in [9.17, 15) is 0 Å². The largest absolute Gasteiger partial charge is 0.157 e. The number of allylic oxidation sites excluding steroid dienone is 1. The number of rotatable bonds is 10. The minimum absolute atomic E-state index is 0.802. The smallest absolute Gasteiger partial charge is 0.0138 e. The van der Waals surface area contributed by atoms with Gasteiger partial charge in [0.15, 0.2) is 0 Å². The van der Waals surface area contributed by atoms with Gasteiger partial charge in [-0.25, -0.2) is 0 Å². The molecule has 0 spiro atoms. The van der Waals surface area contributed by atoms with Gasteiger partial charge in [-0.05, 0) is 80.5 Å². The highest BCUT2D eigenvalue weighted by molar-refractivity contribution is 8.06. The number of hydrogen-bond acceptors (Lipinski definition) is 1. The second-order valence-electron chi connectivity index (χ2n) is 9.35. The zero-order valence-corrected chi connectivity index (χ0v) is 17.8. The SMILES string of the molecule is C=C(CC1CCC(C(C)CCC2CS2)C(C)C1)CC(C)C(C)CC. The van der Waals surface area contributed by atoms with Gasteiger partial charge in [0.25, 0.3) is 0 Å². The Labute approximate surface area is 156 Å². The molecule has 1 heteroatoms. The van der Waals surface area contributed by atoms with Crippen molar-refractivity contribution >= 4 is 11.8 Å². The van der Waals surface area contributed by atoms with Gasteiger partial charge in [0.05, 0.1) is 0 Å². The zero-order chi connectivity index (χ0) is 17.7. The van der Waals surface area contributed by atoms with E-state index in [0.717, 1.165) is 40.8 Å². The highest BCUT2D eigenvalue weighted by atomic mass is 32.2. The summed E-state index contributed by atoms with van der Waals surface area (Å²) in [5.41, 5.74) is 1.53. The van der Waals surface area contributed by atoms with Crippen LogP contribution in [0.1, 0.15) is 86.0 Å². The first-order valence-electron chi connectivity index (χ1n) is 10.7. The van der Waals surface area contributed by atoms with Crippen LogP contribution in [0.4, 0.5) is 0 Å². The summed E-state index contributed by atoms with van der Waals surface area (Å²) in [5, 5.41) is 1.02. The first-order valence-corrected chi connectivity index (χ1v) is 11.7. The fourth-order valence-corrected chi connectivity index (χ4v) is 5.62. The van der Waals surface area contributed by atoms with Gasteiger partial charge in [-0.3, -0.25) is 0 Å². The van der Waals surface area contributed by atoms with Crippen molar-refractivity contribution in [2.24, 2.45) is 35.5 Å². The molecule has 0 nitrogen and oxygen atoms in total. The highest BCUT2D eigenvalue weighted by Crippen LogP contribution is 2.43. The molecule has 1 saturated carbocycles. The maximum absolute atomic E-state index is 4.44. The van der Waals surface area contributed by atoms with Gasteiger partial charge in [-0.2, -0.15) is 11.8 Å². The van der Waals surface area contributed by atoms with Crippen molar-refractivity contribution in [3.8, 4) is 0 Å². The molecule has 0 aromatic heterocycles. The Morgan fingerprint density at radius 1 is 1.17 bits per heavy atom. The molecule has 7 unspecified atom stereocenters. The van der Waals surface area contributed by atoms with Crippen LogP contribution < -0.4 is 0 Å². The summed E-state index contributed by atoms with van der Waals surface area (Å²) >= 11 is 2.16. The molecule has 24 heavy (non-hydrogen) atoms. The quantitative estimate of drug-likeness (QED) is 0.289. The van der Waals surface area contributed by atoms with Gasteiger partial charge >= 0.3 is 0 Å².